The Balaban J connectivity index is 1.82. The molecule has 1 aromatic heterocycles. The van der Waals surface area contributed by atoms with Crippen LogP contribution in [0.2, 0.25) is 0 Å². The zero-order chi connectivity index (χ0) is 13.9. The van der Waals surface area contributed by atoms with E-state index in [9.17, 15) is 0 Å². The molecular formula is C17H27N3. The first-order chi connectivity index (χ1) is 9.80. The van der Waals surface area contributed by atoms with Crippen molar-refractivity contribution in [3.8, 4) is 0 Å². The average molecular weight is 273 g/mol. The van der Waals surface area contributed by atoms with E-state index in [1.807, 2.05) is 0 Å². The molecule has 3 heteroatoms. The van der Waals surface area contributed by atoms with Crippen molar-refractivity contribution in [2.45, 2.75) is 64.7 Å². The average Bonchev–Trinajstić information content (AvgIpc) is 3.08. The lowest BCUT2D eigenvalue weighted by atomic mass is 9.88. The molecule has 2 aliphatic rings. The highest BCUT2D eigenvalue weighted by atomic mass is 15.0. The van der Waals surface area contributed by atoms with Crippen LogP contribution in [-0.2, 0) is 6.42 Å². The van der Waals surface area contributed by atoms with Gasteiger partial charge in [-0.2, -0.15) is 0 Å². The molecule has 2 fully saturated rings. The molecular weight excluding hydrogens is 246 g/mol. The summed E-state index contributed by atoms with van der Waals surface area (Å²) in [6, 6.07) is 2.15. The van der Waals surface area contributed by atoms with Crippen molar-refractivity contribution in [1.82, 2.24) is 9.97 Å². The zero-order valence-electron chi connectivity index (χ0n) is 12.9. The molecule has 110 valence electrons. The zero-order valence-corrected chi connectivity index (χ0v) is 12.9. The molecule has 1 aromatic rings. The van der Waals surface area contributed by atoms with E-state index in [-0.39, 0.29) is 0 Å². The van der Waals surface area contributed by atoms with E-state index in [0.29, 0.717) is 5.92 Å². The minimum atomic E-state index is 0.632. The Morgan fingerprint density at radius 3 is 2.70 bits per heavy atom. The van der Waals surface area contributed by atoms with Crippen molar-refractivity contribution < 1.29 is 0 Å². The number of fused-ring (bicyclic) bond motifs is 2. The molecule has 0 saturated heterocycles. The Hall–Kier alpha value is -1.12. The smallest absolute Gasteiger partial charge is 0.134 e. The van der Waals surface area contributed by atoms with Gasteiger partial charge in [0, 0.05) is 24.2 Å². The van der Waals surface area contributed by atoms with Gasteiger partial charge in [-0.3, -0.25) is 0 Å². The van der Waals surface area contributed by atoms with Gasteiger partial charge in [0.15, 0.2) is 0 Å². The van der Waals surface area contributed by atoms with Crippen molar-refractivity contribution in [2.24, 2.45) is 11.8 Å². The summed E-state index contributed by atoms with van der Waals surface area (Å²) in [6.07, 6.45) is 8.94. The molecule has 0 aliphatic heterocycles. The molecule has 1 heterocycles. The van der Waals surface area contributed by atoms with Gasteiger partial charge in [0.05, 0.1) is 0 Å². The third-order valence-corrected chi connectivity index (χ3v) is 4.93. The highest BCUT2D eigenvalue weighted by Gasteiger charge is 2.41. The highest BCUT2D eigenvalue weighted by Crippen LogP contribution is 2.52. The first kappa shape index (κ1) is 13.8. The number of aryl methyl sites for hydroxylation is 1. The van der Waals surface area contributed by atoms with Crippen LogP contribution in [-0.4, -0.2) is 16.5 Å². The lowest BCUT2D eigenvalue weighted by Crippen LogP contribution is -2.15. The molecule has 2 bridgehead atoms. The number of nitrogens with one attached hydrogen (secondary N) is 1. The molecule has 1 N–H and O–H groups in total. The molecule has 3 rings (SSSR count). The van der Waals surface area contributed by atoms with E-state index in [2.05, 4.69) is 25.2 Å². The summed E-state index contributed by atoms with van der Waals surface area (Å²) in [5.74, 6) is 4.61. The molecule has 0 amide bonds. The first-order valence-corrected chi connectivity index (χ1v) is 8.41. The standard InChI is InChI=1S/C17H27N3/c1-3-5-14-11-16(18-8-4-2)20-17(19-14)15-10-12-6-7-13(15)9-12/h11-13,15H,3-10H2,1-2H3,(H,18,19,20). The van der Waals surface area contributed by atoms with Gasteiger partial charge in [-0.15, -0.1) is 0 Å². The van der Waals surface area contributed by atoms with Gasteiger partial charge in [0.2, 0.25) is 0 Å². The van der Waals surface area contributed by atoms with Crippen molar-refractivity contribution >= 4 is 5.82 Å². The van der Waals surface area contributed by atoms with E-state index in [1.54, 1.807) is 0 Å². The summed E-state index contributed by atoms with van der Waals surface area (Å²) < 4.78 is 0. The van der Waals surface area contributed by atoms with Crippen LogP contribution in [0.1, 0.15) is 69.8 Å². The maximum absolute atomic E-state index is 4.88. The Morgan fingerprint density at radius 2 is 2.05 bits per heavy atom. The van der Waals surface area contributed by atoms with Crippen molar-refractivity contribution in [3.05, 3.63) is 17.6 Å². The van der Waals surface area contributed by atoms with Crippen molar-refractivity contribution in [2.75, 3.05) is 11.9 Å². The fourth-order valence-corrected chi connectivity index (χ4v) is 3.97. The number of aromatic nitrogens is 2. The predicted octanol–water partition coefficient (Wildman–Crippen LogP) is 4.15. The third kappa shape index (κ3) is 2.82. The van der Waals surface area contributed by atoms with Crippen LogP contribution >= 0.6 is 0 Å². The summed E-state index contributed by atoms with van der Waals surface area (Å²) in [7, 11) is 0. The van der Waals surface area contributed by atoms with Crippen molar-refractivity contribution in [3.63, 3.8) is 0 Å². The predicted molar refractivity (Wildman–Crippen MR) is 83.0 cm³/mol. The van der Waals surface area contributed by atoms with E-state index in [1.165, 1.54) is 31.4 Å². The third-order valence-electron chi connectivity index (χ3n) is 4.93. The number of hydrogen-bond donors (Lipinski definition) is 1. The summed E-state index contributed by atoms with van der Waals surface area (Å²) in [6.45, 7) is 5.41. The second kappa shape index (κ2) is 6.11. The quantitative estimate of drug-likeness (QED) is 0.846. The Bertz CT molecular complexity index is 458. The van der Waals surface area contributed by atoms with Gasteiger partial charge in [-0.1, -0.05) is 26.7 Å². The van der Waals surface area contributed by atoms with Gasteiger partial charge in [0.25, 0.3) is 0 Å². The van der Waals surface area contributed by atoms with E-state index >= 15 is 0 Å². The molecule has 0 radical (unpaired) electrons. The Labute approximate surface area is 122 Å². The van der Waals surface area contributed by atoms with Crippen LogP contribution in [0, 0.1) is 11.8 Å². The SMILES string of the molecule is CCCNc1cc(CCC)nc(C2CC3CCC2C3)n1. The lowest BCUT2D eigenvalue weighted by molar-refractivity contribution is 0.404. The highest BCUT2D eigenvalue weighted by molar-refractivity contribution is 5.37. The first-order valence-electron chi connectivity index (χ1n) is 8.41. The Kier molecular flexibility index (Phi) is 4.23. The topological polar surface area (TPSA) is 37.8 Å². The summed E-state index contributed by atoms with van der Waals surface area (Å²) in [5, 5.41) is 3.45. The second-order valence-corrected chi connectivity index (χ2v) is 6.56. The van der Waals surface area contributed by atoms with Crippen molar-refractivity contribution in [1.29, 1.82) is 0 Å². The molecule has 3 unspecified atom stereocenters. The van der Waals surface area contributed by atoms with Gasteiger partial charge in [-0.25, -0.2) is 9.97 Å². The maximum Gasteiger partial charge on any atom is 0.134 e. The van der Waals surface area contributed by atoms with E-state index < -0.39 is 0 Å². The summed E-state index contributed by atoms with van der Waals surface area (Å²) in [4.78, 5) is 9.71. The van der Waals surface area contributed by atoms with Crippen LogP contribution in [0.4, 0.5) is 5.82 Å². The summed E-state index contributed by atoms with van der Waals surface area (Å²) in [5.41, 5.74) is 1.22. The van der Waals surface area contributed by atoms with Crippen LogP contribution in [0.15, 0.2) is 6.07 Å². The molecule has 2 aliphatic carbocycles. The van der Waals surface area contributed by atoms with Gasteiger partial charge in [-0.05, 0) is 43.9 Å². The maximum atomic E-state index is 4.88. The molecule has 3 nitrogen and oxygen atoms in total. The van der Waals surface area contributed by atoms with Crippen LogP contribution in [0.5, 0.6) is 0 Å². The monoisotopic (exact) mass is 273 g/mol. The fraction of sp³-hybridized carbons (Fsp3) is 0.765. The van der Waals surface area contributed by atoms with E-state index in [0.717, 1.165) is 49.3 Å². The molecule has 2 saturated carbocycles. The minimum Gasteiger partial charge on any atom is -0.370 e. The number of anilines is 1. The molecule has 20 heavy (non-hydrogen) atoms. The molecule has 3 atom stereocenters. The lowest BCUT2D eigenvalue weighted by Gasteiger charge is -2.21. The fourth-order valence-electron chi connectivity index (χ4n) is 3.97. The van der Waals surface area contributed by atoms with E-state index in [4.69, 9.17) is 9.97 Å². The van der Waals surface area contributed by atoms with Crippen LogP contribution in [0.25, 0.3) is 0 Å². The van der Waals surface area contributed by atoms with Gasteiger partial charge >= 0.3 is 0 Å². The van der Waals surface area contributed by atoms with Gasteiger partial charge < -0.3 is 5.32 Å². The minimum absolute atomic E-state index is 0.632. The molecule has 0 spiro atoms. The second-order valence-electron chi connectivity index (χ2n) is 6.56. The largest absolute Gasteiger partial charge is 0.370 e. The number of nitrogens with zero attached hydrogens (tertiary/aromatic N) is 2. The Morgan fingerprint density at radius 1 is 1.15 bits per heavy atom. The molecule has 0 aromatic carbocycles. The number of rotatable bonds is 6. The summed E-state index contributed by atoms with van der Waals surface area (Å²) >= 11 is 0. The van der Waals surface area contributed by atoms with Crippen LogP contribution in [0.3, 0.4) is 0 Å². The van der Waals surface area contributed by atoms with Crippen LogP contribution < -0.4 is 5.32 Å². The normalized spacial score (nSPS) is 28.0. The van der Waals surface area contributed by atoms with Gasteiger partial charge in [0.1, 0.15) is 11.6 Å². The number of hydrogen-bond acceptors (Lipinski definition) is 3.